The lowest BCUT2D eigenvalue weighted by Gasteiger charge is -2.50. The largest absolute Gasteiger partial charge is 0.462 e. The third kappa shape index (κ3) is 5.01. The Morgan fingerprint density at radius 2 is 1.81 bits per heavy atom. The molecule has 2 rings (SSSR count). The molecular formula is C22H34ClNO2. The third-order valence-electron chi connectivity index (χ3n) is 5.49. The van der Waals surface area contributed by atoms with Crippen molar-refractivity contribution in [2.75, 3.05) is 0 Å². The highest BCUT2D eigenvalue weighted by atomic mass is 35.5. The van der Waals surface area contributed by atoms with E-state index in [0.717, 1.165) is 30.7 Å². The summed E-state index contributed by atoms with van der Waals surface area (Å²) in [6.45, 7) is 10.3. The first-order chi connectivity index (χ1) is 12.3. The Morgan fingerprint density at radius 1 is 1.19 bits per heavy atom. The van der Waals surface area contributed by atoms with Gasteiger partial charge in [-0.1, -0.05) is 50.9 Å². The number of benzene rings is 1. The first-order valence-electron chi connectivity index (χ1n) is 10.0. The lowest BCUT2D eigenvalue weighted by Crippen LogP contribution is -2.57. The normalized spacial score (nSPS) is 18.5. The molecule has 2 atom stereocenters. The van der Waals surface area contributed by atoms with Crippen molar-refractivity contribution in [3.63, 3.8) is 0 Å². The van der Waals surface area contributed by atoms with Gasteiger partial charge in [0, 0.05) is 16.5 Å². The Morgan fingerprint density at radius 3 is 2.23 bits per heavy atom. The van der Waals surface area contributed by atoms with Crippen LogP contribution in [0.4, 0.5) is 0 Å². The molecular weight excluding hydrogens is 346 g/mol. The van der Waals surface area contributed by atoms with E-state index in [1.165, 1.54) is 12.0 Å². The summed E-state index contributed by atoms with van der Waals surface area (Å²) in [7, 11) is 0. The van der Waals surface area contributed by atoms with Gasteiger partial charge in [0.05, 0.1) is 6.10 Å². The van der Waals surface area contributed by atoms with E-state index in [9.17, 15) is 4.79 Å². The van der Waals surface area contributed by atoms with Gasteiger partial charge in [-0.3, -0.25) is 4.79 Å². The maximum absolute atomic E-state index is 12.5. The monoisotopic (exact) mass is 379 g/mol. The van der Waals surface area contributed by atoms with E-state index in [0.29, 0.717) is 5.92 Å². The zero-order chi connectivity index (χ0) is 19.3. The molecule has 26 heavy (non-hydrogen) atoms. The van der Waals surface area contributed by atoms with Crippen LogP contribution in [-0.4, -0.2) is 24.2 Å². The summed E-state index contributed by atoms with van der Waals surface area (Å²) in [5, 5.41) is 4.46. The van der Waals surface area contributed by atoms with Crippen LogP contribution in [0.2, 0.25) is 5.02 Å². The van der Waals surface area contributed by atoms with E-state index < -0.39 is 0 Å². The third-order valence-corrected chi connectivity index (χ3v) is 5.74. The zero-order valence-electron chi connectivity index (χ0n) is 16.8. The Balaban J connectivity index is 2.27. The predicted molar refractivity (Wildman–Crippen MR) is 109 cm³/mol. The molecule has 0 aliphatic heterocycles. The summed E-state index contributed by atoms with van der Waals surface area (Å²) in [6, 6.07) is 8.27. The average molecular weight is 380 g/mol. The SMILES string of the molecule is CCC(NC(CC(C)C)C1(c2ccc(Cl)cc2)CCC1)C(=O)OC(C)C. The fourth-order valence-corrected chi connectivity index (χ4v) is 4.14. The van der Waals surface area contributed by atoms with Gasteiger partial charge in [0.2, 0.25) is 0 Å². The minimum atomic E-state index is -0.258. The second-order valence-electron chi connectivity index (χ2n) is 8.31. The first kappa shape index (κ1) is 21.2. The van der Waals surface area contributed by atoms with Crippen LogP contribution in [0, 0.1) is 5.92 Å². The van der Waals surface area contributed by atoms with Gasteiger partial charge in [0.1, 0.15) is 6.04 Å². The van der Waals surface area contributed by atoms with Crippen molar-refractivity contribution in [3.05, 3.63) is 34.9 Å². The average Bonchev–Trinajstić information content (AvgIpc) is 2.51. The molecule has 2 unspecified atom stereocenters. The molecule has 1 N–H and O–H groups in total. The molecule has 4 heteroatoms. The molecule has 146 valence electrons. The van der Waals surface area contributed by atoms with Crippen molar-refractivity contribution < 1.29 is 9.53 Å². The molecule has 0 amide bonds. The van der Waals surface area contributed by atoms with Gasteiger partial charge in [0.15, 0.2) is 0 Å². The number of carbonyl (C=O) groups excluding carboxylic acids is 1. The smallest absolute Gasteiger partial charge is 0.323 e. The Bertz CT molecular complexity index is 578. The quantitative estimate of drug-likeness (QED) is 0.576. The number of ether oxygens (including phenoxy) is 1. The first-order valence-corrected chi connectivity index (χ1v) is 10.4. The number of hydrogen-bond donors (Lipinski definition) is 1. The standard InChI is InChI=1S/C22H34ClNO2/c1-6-19(21(25)26-16(4)5)24-20(14-15(2)3)22(12-7-13-22)17-8-10-18(23)11-9-17/h8-11,15-16,19-20,24H,6-7,12-14H2,1-5H3. The molecule has 1 aliphatic rings. The summed E-state index contributed by atoms with van der Waals surface area (Å²) in [5.41, 5.74) is 1.42. The molecule has 0 heterocycles. The van der Waals surface area contributed by atoms with E-state index in [-0.39, 0.29) is 29.6 Å². The fraction of sp³-hybridized carbons (Fsp3) is 0.682. The van der Waals surface area contributed by atoms with E-state index >= 15 is 0 Å². The summed E-state index contributed by atoms with van der Waals surface area (Å²) in [6.07, 6.45) is 5.20. The van der Waals surface area contributed by atoms with Gasteiger partial charge in [-0.2, -0.15) is 0 Å². The van der Waals surface area contributed by atoms with Gasteiger partial charge in [-0.25, -0.2) is 0 Å². The van der Waals surface area contributed by atoms with Gasteiger partial charge in [-0.15, -0.1) is 0 Å². The Hall–Kier alpha value is -1.06. The second-order valence-corrected chi connectivity index (χ2v) is 8.75. The van der Waals surface area contributed by atoms with Gasteiger partial charge in [-0.05, 0) is 63.1 Å². The number of rotatable bonds is 9. The van der Waals surface area contributed by atoms with Crippen LogP contribution in [0.3, 0.4) is 0 Å². The number of halogens is 1. The topological polar surface area (TPSA) is 38.3 Å². The number of hydrogen-bond acceptors (Lipinski definition) is 3. The molecule has 1 saturated carbocycles. The minimum Gasteiger partial charge on any atom is -0.462 e. The summed E-state index contributed by atoms with van der Waals surface area (Å²) >= 11 is 6.11. The maximum Gasteiger partial charge on any atom is 0.323 e. The van der Waals surface area contributed by atoms with E-state index in [2.05, 4.69) is 31.3 Å². The molecule has 0 aromatic heterocycles. The molecule has 1 aromatic carbocycles. The van der Waals surface area contributed by atoms with Crippen LogP contribution in [0.25, 0.3) is 0 Å². The Kier molecular flexibility index (Phi) is 7.54. The molecule has 0 saturated heterocycles. The van der Waals surface area contributed by atoms with Crippen molar-refractivity contribution >= 4 is 17.6 Å². The highest BCUT2D eigenvalue weighted by molar-refractivity contribution is 6.30. The molecule has 3 nitrogen and oxygen atoms in total. The van der Waals surface area contributed by atoms with Crippen molar-refractivity contribution in [1.82, 2.24) is 5.32 Å². The van der Waals surface area contributed by atoms with Crippen LogP contribution in [0.5, 0.6) is 0 Å². The van der Waals surface area contributed by atoms with Crippen LogP contribution in [-0.2, 0) is 14.9 Å². The van der Waals surface area contributed by atoms with Gasteiger partial charge < -0.3 is 10.1 Å². The molecule has 0 bridgehead atoms. The van der Waals surface area contributed by atoms with E-state index in [4.69, 9.17) is 16.3 Å². The maximum atomic E-state index is 12.5. The van der Waals surface area contributed by atoms with Gasteiger partial charge in [0.25, 0.3) is 0 Å². The predicted octanol–water partition coefficient (Wildman–Crippen LogP) is 5.50. The molecule has 0 spiro atoms. The molecule has 1 aliphatic carbocycles. The minimum absolute atomic E-state index is 0.0837. The molecule has 1 aromatic rings. The lowest BCUT2D eigenvalue weighted by atomic mass is 9.58. The van der Waals surface area contributed by atoms with Gasteiger partial charge >= 0.3 is 5.97 Å². The molecule has 1 fully saturated rings. The highest BCUT2D eigenvalue weighted by Gasteiger charge is 2.46. The van der Waals surface area contributed by atoms with Crippen molar-refractivity contribution in [2.24, 2.45) is 5.92 Å². The number of esters is 1. The van der Waals surface area contributed by atoms with E-state index in [1.807, 2.05) is 32.9 Å². The van der Waals surface area contributed by atoms with E-state index in [1.54, 1.807) is 0 Å². The lowest BCUT2D eigenvalue weighted by molar-refractivity contribution is -0.150. The second kappa shape index (κ2) is 9.23. The van der Waals surface area contributed by atoms with Crippen LogP contribution >= 0.6 is 11.6 Å². The fourth-order valence-electron chi connectivity index (χ4n) is 4.01. The number of carbonyl (C=O) groups is 1. The van der Waals surface area contributed by atoms with Crippen LogP contribution in [0.1, 0.15) is 72.3 Å². The van der Waals surface area contributed by atoms with Crippen molar-refractivity contribution in [2.45, 2.75) is 90.3 Å². The zero-order valence-corrected chi connectivity index (χ0v) is 17.6. The number of nitrogens with one attached hydrogen (secondary N) is 1. The molecule has 0 radical (unpaired) electrons. The summed E-state index contributed by atoms with van der Waals surface area (Å²) in [5.74, 6) is 0.415. The summed E-state index contributed by atoms with van der Waals surface area (Å²) in [4.78, 5) is 12.5. The van der Waals surface area contributed by atoms with Crippen LogP contribution in [0.15, 0.2) is 24.3 Å². The Labute approximate surface area is 163 Å². The highest BCUT2D eigenvalue weighted by Crippen LogP contribution is 2.48. The van der Waals surface area contributed by atoms with Crippen molar-refractivity contribution in [1.29, 1.82) is 0 Å². The van der Waals surface area contributed by atoms with Crippen molar-refractivity contribution in [3.8, 4) is 0 Å². The summed E-state index contributed by atoms with van der Waals surface area (Å²) < 4.78 is 5.48. The van der Waals surface area contributed by atoms with Crippen LogP contribution < -0.4 is 5.32 Å².